The summed E-state index contributed by atoms with van der Waals surface area (Å²) in [5, 5.41) is 14.5. The number of carboxylic acid groups (broad SMARTS) is 1. The van der Waals surface area contributed by atoms with Crippen molar-refractivity contribution in [2.45, 2.75) is 88.5 Å². The molecule has 0 spiro atoms. The summed E-state index contributed by atoms with van der Waals surface area (Å²) in [7, 11) is 0. The topological polar surface area (TPSA) is 88.7 Å². The Kier molecular flexibility index (Phi) is 4.97. The molecule has 184 valence electrons. The van der Waals surface area contributed by atoms with E-state index in [2.05, 4.69) is 22.0 Å². The van der Waals surface area contributed by atoms with Crippen LogP contribution in [0.1, 0.15) is 91.1 Å². The van der Waals surface area contributed by atoms with E-state index in [9.17, 15) is 14.3 Å². The first-order valence-corrected chi connectivity index (χ1v) is 13.5. The van der Waals surface area contributed by atoms with Gasteiger partial charge in [-0.05, 0) is 63.0 Å². The number of carboxylic acids is 1. The molecule has 35 heavy (non-hydrogen) atoms. The number of ether oxygens (including phenoxy) is 1. The van der Waals surface area contributed by atoms with Crippen LogP contribution in [0.25, 0.3) is 10.2 Å². The molecule has 4 heterocycles. The predicted octanol–water partition coefficient (Wildman–Crippen LogP) is 5.84. The lowest BCUT2D eigenvalue weighted by Crippen LogP contribution is -2.45. The summed E-state index contributed by atoms with van der Waals surface area (Å²) >= 11 is 1.38. The fourth-order valence-electron chi connectivity index (χ4n) is 6.13. The van der Waals surface area contributed by atoms with E-state index in [1.54, 1.807) is 0 Å². The fraction of sp³-hybridized carbons (Fsp3) is 0.577. The van der Waals surface area contributed by atoms with Crippen LogP contribution in [0, 0.1) is 11.7 Å². The van der Waals surface area contributed by atoms with Gasteiger partial charge in [-0.3, -0.25) is 0 Å². The number of aromatic carboxylic acids is 1. The van der Waals surface area contributed by atoms with E-state index in [-0.39, 0.29) is 17.2 Å². The van der Waals surface area contributed by atoms with Crippen LogP contribution in [0.2, 0.25) is 0 Å². The summed E-state index contributed by atoms with van der Waals surface area (Å²) < 4.78 is 27.4. The summed E-state index contributed by atoms with van der Waals surface area (Å²) in [6.45, 7) is 2.84. The first-order chi connectivity index (χ1) is 17.0. The third kappa shape index (κ3) is 3.74. The van der Waals surface area contributed by atoms with E-state index < -0.39 is 11.8 Å². The Morgan fingerprint density at radius 3 is 2.63 bits per heavy atom. The number of carbonyl (C=O) groups is 1. The molecule has 4 fully saturated rings. The number of thiazole rings is 1. The Hall–Kier alpha value is -2.52. The first kappa shape index (κ1) is 21.7. The summed E-state index contributed by atoms with van der Waals surface area (Å²) in [6, 6.07) is 3.18. The van der Waals surface area contributed by atoms with Crippen molar-refractivity contribution in [2.75, 3.05) is 4.90 Å². The molecule has 4 atom stereocenters. The molecule has 9 heteroatoms. The fourth-order valence-corrected chi connectivity index (χ4v) is 7.29. The Morgan fingerprint density at radius 1 is 1.23 bits per heavy atom. The summed E-state index contributed by atoms with van der Waals surface area (Å²) in [6.07, 6.45) is 7.66. The van der Waals surface area contributed by atoms with Crippen LogP contribution in [-0.2, 0) is 11.3 Å². The van der Waals surface area contributed by atoms with Crippen LogP contribution in [0.3, 0.4) is 0 Å². The Balaban J connectivity index is 1.08. The molecule has 7 rings (SSSR count). The molecule has 2 saturated carbocycles. The predicted molar refractivity (Wildman–Crippen MR) is 129 cm³/mol. The Labute approximate surface area is 206 Å². The Morgan fingerprint density at radius 2 is 1.97 bits per heavy atom. The van der Waals surface area contributed by atoms with Gasteiger partial charge >= 0.3 is 5.97 Å². The molecule has 4 unspecified atom stereocenters. The number of hydrogen-bond donors (Lipinski definition) is 1. The number of piperidine rings is 1. The minimum Gasteiger partial charge on any atom is -0.478 e. The smallest absolute Gasteiger partial charge is 0.335 e. The van der Waals surface area contributed by atoms with Gasteiger partial charge in [-0.15, -0.1) is 0 Å². The zero-order valence-electron chi connectivity index (χ0n) is 19.6. The van der Waals surface area contributed by atoms with Gasteiger partial charge in [-0.25, -0.2) is 14.2 Å². The van der Waals surface area contributed by atoms with E-state index in [0.717, 1.165) is 48.3 Å². The van der Waals surface area contributed by atoms with E-state index in [1.165, 1.54) is 42.2 Å². The standard InChI is InChI=1S/C26H28FN3O4S/c1-12-6-18(12)22-19(24(34-29-22)13-2-3-13)11-33-17-9-15-4-5-16(10-17)30(15)26-28-23-20(27)7-14(25(31)32)8-21(23)35-26/h7-8,12-13,15-18H,2-6,9-11H2,1H3,(H,31,32). The summed E-state index contributed by atoms with van der Waals surface area (Å²) in [4.78, 5) is 18.2. The first-order valence-electron chi connectivity index (χ1n) is 12.7. The molecule has 0 radical (unpaired) electrons. The number of anilines is 1. The molecule has 0 amide bonds. The van der Waals surface area contributed by atoms with Crippen molar-refractivity contribution < 1.29 is 23.6 Å². The zero-order chi connectivity index (χ0) is 23.8. The van der Waals surface area contributed by atoms with E-state index in [1.807, 2.05) is 0 Å². The van der Waals surface area contributed by atoms with Gasteiger partial charge in [0.05, 0.1) is 28.7 Å². The number of fused-ring (bicyclic) bond motifs is 3. The molecule has 2 aromatic heterocycles. The van der Waals surface area contributed by atoms with Gasteiger partial charge in [0.2, 0.25) is 0 Å². The lowest BCUT2D eigenvalue weighted by molar-refractivity contribution is 0.0142. The molecule has 1 N–H and O–H groups in total. The average Bonchev–Trinajstić information content (AvgIpc) is 3.69. The highest BCUT2D eigenvalue weighted by Crippen LogP contribution is 2.51. The molecule has 7 nitrogen and oxygen atoms in total. The monoisotopic (exact) mass is 497 g/mol. The van der Waals surface area contributed by atoms with Crippen molar-refractivity contribution in [1.29, 1.82) is 0 Å². The minimum atomic E-state index is -1.13. The SMILES string of the molecule is CC1CC1c1noc(C2CC2)c1COC1CC2CCC(C1)N2c1nc2c(F)cc(C(=O)O)cc2s1. The maximum absolute atomic E-state index is 14.5. The molecule has 1 aromatic carbocycles. The molecule has 2 aliphatic carbocycles. The summed E-state index contributed by atoms with van der Waals surface area (Å²) in [5.41, 5.74) is 2.54. The number of nitrogens with zero attached hydrogens (tertiary/aromatic N) is 3. The summed E-state index contributed by atoms with van der Waals surface area (Å²) in [5.74, 6) is 1.06. The highest BCUT2D eigenvalue weighted by atomic mass is 32.1. The Bertz CT molecular complexity index is 1300. The van der Waals surface area contributed by atoms with Crippen molar-refractivity contribution in [1.82, 2.24) is 10.1 Å². The molecule has 2 aliphatic heterocycles. The number of halogens is 1. The van der Waals surface area contributed by atoms with Crippen molar-refractivity contribution in [2.24, 2.45) is 5.92 Å². The number of rotatable bonds is 7. The lowest BCUT2D eigenvalue weighted by Gasteiger charge is -2.38. The normalized spacial score (nSPS) is 29.8. The van der Waals surface area contributed by atoms with Crippen LogP contribution >= 0.6 is 11.3 Å². The molecule has 2 saturated heterocycles. The van der Waals surface area contributed by atoms with Gasteiger partial charge in [-0.2, -0.15) is 0 Å². The zero-order valence-corrected chi connectivity index (χ0v) is 20.4. The van der Waals surface area contributed by atoms with Gasteiger partial charge in [0, 0.05) is 29.5 Å². The third-order valence-corrected chi connectivity index (χ3v) is 9.33. The van der Waals surface area contributed by atoms with Crippen LogP contribution in [0.4, 0.5) is 9.52 Å². The van der Waals surface area contributed by atoms with Gasteiger partial charge in [-0.1, -0.05) is 23.4 Å². The van der Waals surface area contributed by atoms with E-state index >= 15 is 0 Å². The van der Waals surface area contributed by atoms with Crippen LogP contribution in [-0.4, -0.2) is 39.4 Å². The van der Waals surface area contributed by atoms with Crippen molar-refractivity contribution in [3.8, 4) is 0 Å². The molecular weight excluding hydrogens is 469 g/mol. The van der Waals surface area contributed by atoms with E-state index in [4.69, 9.17) is 9.26 Å². The number of benzene rings is 1. The van der Waals surface area contributed by atoms with Crippen LogP contribution in [0.5, 0.6) is 0 Å². The lowest BCUT2D eigenvalue weighted by atomic mass is 10.00. The maximum atomic E-state index is 14.5. The van der Waals surface area contributed by atoms with Crippen molar-refractivity contribution in [3.05, 3.63) is 40.5 Å². The van der Waals surface area contributed by atoms with Gasteiger partial charge < -0.3 is 19.3 Å². The quantitative estimate of drug-likeness (QED) is 0.439. The number of hydrogen-bond acceptors (Lipinski definition) is 7. The van der Waals surface area contributed by atoms with Crippen molar-refractivity contribution >= 4 is 32.7 Å². The average molecular weight is 498 g/mol. The van der Waals surface area contributed by atoms with Crippen LogP contribution in [0.15, 0.2) is 16.7 Å². The van der Waals surface area contributed by atoms with Gasteiger partial charge in [0.1, 0.15) is 11.3 Å². The van der Waals surface area contributed by atoms with E-state index in [0.29, 0.717) is 41.1 Å². The third-order valence-electron chi connectivity index (χ3n) is 8.32. The van der Waals surface area contributed by atoms with Crippen molar-refractivity contribution in [3.63, 3.8) is 0 Å². The second-order valence-electron chi connectivity index (χ2n) is 10.8. The van der Waals surface area contributed by atoms with Gasteiger partial charge in [0.25, 0.3) is 0 Å². The maximum Gasteiger partial charge on any atom is 0.335 e. The molecular formula is C26H28FN3O4S. The number of aromatic nitrogens is 2. The second kappa shape index (κ2) is 8.00. The highest BCUT2D eigenvalue weighted by molar-refractivity contribution is 7.22. The van der Waals surface area contributed by atoms with Crippen LogP contribution < -0.4 is 4.90 Å². The molecule has 2 bridgehead atoms. The van der Waals surface area contributed by atoms with Gasteiger partial charge in [0.15, 0.2) is 10.9 Å². The second-order valence-corrected chi connectivity index (χ2v) is 11.8. The molecule has 4 aliphatic rings. The largest absolute Gasteiger partial charge is 0.478 e. The minimum absolute atomic E-state index is 0.0421. The molecule has 3 aromatic rings. The highest BCUT2D eigenvalue weighted by Gasteiger charge is 2.44.